The summed E-state index contributed by atoms with van der Waals surface area (Å²) in [5.41, 5.74) is 0.0660. The molecule has 5 heteroatoms. The van der Waals surface area contributed by atoms with Crippen molar-refractivity contribution < 1.29 is 9.90 Å². The van der Waals surface area contributed by atoms with Crippen molar-refractivity contribution in [1.29, 1.82) is 0 Å². The lowest BCUT2D eigenvalue weighted by molar-refractivity contribution is 0.0686. The van der Waals surface area contributed by atoms with Crippen molar-refractivity contribution in [3.63, 3.8) is 0 Å². The van der Waals surface area contributed by atoms with Crippen molar-refractivity contribution in [1.82, 2.24) is 4.98 Å². The van der Waals surface area contributed by atoms with Crippen LogP contribution >= 0.6 is 23.4 Å². The molecule has 0 aliphatic carbocycles. The van der Waals surface area contributed by atoms with Gasteiger partial charge in [0, 0.05) is 11.1 Å². The number of nitrogens with zero attached hydrogens (tertiary/aromatic N) is 1. The van der Waals surface area contributed by atoms with Gasteiger partial charge in [0.05, 0.1) is 5.02 Å². The average Bonchev–Trinajstić information content (AvgIpc) is 2.04. The Morgan fingerprint density at radius 1 is 1.77 bits per heavy atom. The summed E-state index contributed by atoms with van der Waals surface area (Å²) in [6, 6.07) is 1.62. The van der Waals surface area contributed by atoms with Gasteiger partial charge in [-0.3, -0.25) is 0 Å². The summed E-state index contributed by atoms with van der Waals surface area (Å²) >= 11 is 7.11. The molecule has 70 valence electrons. The van der Waals surface area contributed by atoms with Crippen LogP contribution in [0.15, 0.2) is 17.2 Å². The Kier molecular flexibility index (Phi) is 3.57. The van der Waals surface area contributed by atoms with E-state index in [9.17, 15) is 4.79 Å². The van der Waals surface area contributed by atoms with Gasteiger partial charge >= 0.3 is 5.97 Å². The number of carboxylic acid groups (broad SMARTS) is 1. The topological polar surface area (TPSA) is 50.2 Å². The van der Waals surface area contributed by atoms with Gasteiger partial charge in [0.25, 0.3) is 0 Å². The zero-order valence-corrected chi connectivity index (χ0v) is 8.52. The molecule has 0 bridgehead atoms. The van der Waals surface area contributed by atoms with Crippen molar-refractivity contribution in [3.05, 3.63) is 23.0 Å². The second kappa shape index (κ2) is 4.48. The van der Waals surface area contributed by atoms with Crippen LogP contribution in [0.2, 0.25) is 5.02 Å². The third-order valence-electron chi connectivity index (χ3n) is 1.32. The number of hydrogen-bond donors (Lipinski definition) is 1. The predicted octanol–water partition coefficient (Wildman–Crippen LogP) is 2.55. The van der Waals surface area contributed by atoms with Crippen LogP contribution in [0.1, 0.15) is 17.4 Å². The second-order valence-corrected chi connectivity index (χ2v) is 3.98. The molecule has 1 rings (SSSR count). The summed E-state index contributed by atoms with van der Waals surface area (Å²) in [6.45, 7) is 1.94. The summed E-state index contributed by atoms with van der Waals surface area (Å²) in [6.07, 6.45) is 1.34. The Hall–Kier alpha value is -0.740. The maximum absolute atomic E-state index is 10.7. The van der Waals surface area contributed by atoms with Crippen molar-refractivity contribution in [3.8, 4) is 0 Å². The van der Waals surface area contributed by atoms with Gasteiger partial charge in [-0.1, -0.05) is 18.5 Å². The molecule has 0 atom stereocenters. The highest BCUT2D eigenvalue weighted by Gasteiger charge is 2.11. The molecular formula is C8H8ClNO2S. The van der Waals surface area contributed by atoms with Gasteiger partial charge in [-0.25, -0.2) is 9.78 Å². The number of carboxylic acids is 1. The zero-order valence-electron chi connectivity index (χ0n) is 6.95. The van der Waals surface area contributed by atoms with E-state index >= 15 is 0 Å². The van der Waals surface area contributed by atoms with Gasteiger partial charge in [0.2, 0.25) is 0 Å². The Morgan fingerprint density at radius 2 is 2.46 bits per heavy atom. The molecule has 13 heavy (non-hydrogen) atoms. The van der Waals surface area contributed by atoms with E-state index in [1.807, 2.05) is 6.92 Å². The summed E-state index contributed by atoms with van der Waals surface area (Å²) < 4.78 is 0. The number of aromatic nitrogens is 1. The Balaban J connectivity index is 3.10. The van der Waals surface area contributed by atoms with Crippen molar-refractivity contribution >= 4 is 29.3 Å². The lowest BCUT2D eigenvalue weighted by atomic mass is 10.3. The Labute approximate surface area is 85.1 Å². The minimum atomic E-state index is -1.02. The Bertz CT molecular complexity index is 330. The molecule has 0 saturated carbocycles. The van der Waals surface area contributed by atoms with Crippen LogP contribution in [0.3, 0.4) is 0 Å². The number of halogens is 1. The first kappa shape index (κ1) is 10.3. The van der Waals surface area contributed by atoms with Crippen LogP contribution in [-0.2, 0) is 0 Å². The third-order valence-corrected chi connectivity index (χ3v) is 2.44. The minimum absolute atomic E-state index is 0.0660. The van der Waals surface area contributed by atoms with Gasteiger partial charge in [-0.2, -0.15) is 0 Å². The number of thioether (sulfide) groups is 1. The molecule has 0 radical (unpaired) electrons. The van der Waals surface area contributed by atoms with Crippen molar-refractivity contribution in [2.45, 2.75) is 11.8 Å². The largest absolute Gasteiger partial charge is 0.476 e. The molecule has 1 heterocycles. The van der Waals surface area contributed by atoms with E-state index < -0.39 is 5.97 Å². The maximum atomic E-state index is 10.7. The highest BCUT2D eigenvalue weighted by molar-refractivity contribution is 7.99. The first-order valence-corrected chi connectivity index (χ1v) is 5.03. The summed E-state index contributed by atoms with van der Waals surface area (Å²) in [5, 5.41) is 9.22. The van der Waals surface area contributed by atoms with Crippen molar-refractivity contribution in [2.24, 2.45) is 0 Å². The standard InChI is InChI=1S/C8H8ClNO2S/c1-2-13-6-3-5(9)4-10-7(6)8(11)12/h3-4H,2H2,1H3,(H,11,12). The first-order chi connectivity index (χ1) is 6.15. The molecule has 0 saturated heterocycles. The lowest BCUT2D eigenvalue weighted by Gasteiger charge is -2.02. The summed E-state index contributed by atoms with van der Waals surface area (Å²) in [4.78, 5) is 15.0. The smallest absolute Gasteiger partial charge is 0.355 e. The molecule has 0 aromatic carbocycles. The fraction of sp³-hybridized carbons (Fsp3) is 0.250. The molecule has 0 aliphatic heterocycles. The lowest BCUT2D eigenvalue weighted by Crippen LogP contribution is -2.02. The minimum Gasteiger partial charge on any atom is -0.476 e. The van der Waals surface area contributed by atoms with Gasteiger partial charge in [-0.05, 0) is 11.8 Å². The predicted molar refractivity (Wildman–Crippen MR) is 52.6 cm³/mol. The van der Waals surface area contributed by atoms with E-state index in [0.717, 1.165) is 5.75 Å². The number of rotatable bonds is 3. The van der Waals surface area contributed by atoms with Gasteiger partial charge in [-0.15, -0.1) is 11.8 Å². The van der Waals surface area contributed by atoms with Crippen LogP contribution in [0.25, 0.3) is 0 Å². The highest BCUT2D eigenvalue weighted by atomic mass is 35.5. The average molecular weight is 218 g/mol. The number of hydrogen-bond acceptors (Lipinski definition) is 3. The van der Waals surface area contributed by atoms with E-state index in [2.05, 4.69) is 4.98 Å². The Morgan fingerprint density at radius 3 is 3.00 bits per heavy atom. The molecule has 0 spiro atoms. The van der Waals surface area contributed by atoms with E-state index in [1.54, 1.807) is 6.07 Å². The zero-order chi connectivity index (χ0) is 9.84. The third kappa shape index (κ3) is 2.60. The normalized spacial score (nSPS) is 10.0. The fourth-order valence-corrected chi connectivity index (χ4v) is 1.87. The van der Waals surface area contributed by atoms with Gasteiger partial charge in [0.1, 0.15) is 0 Å². The quantitative estimate of drug-likeness (QED) is 0.791. The molecule has 1 aromatic heterocycles. The van der Waals surface area contributed by atoms with Crippen LogP contribution in [0.5, 0.6) is 0 Å². The number of pyridine rings is 1. The summed E-state index contributed by atoms with van der Waals surface area (Å²) in [5.74, 6) is -0.227. The number of aromatic carboxylic acids is 1. The van der Waals surface area contributed by atoms with Gasteiger partial charge < -0.3 is 5.11 Å². The van der Waals surface area contributed by atoms with Gasteiger partial charge in [0.15, 0.2) is 5.69 Å². The first-order valence-electron chi connectivity index (χ1n) is 3.66. The molecule has 0 amide bonds. The van der Waals surface area contributed by atoms with E-state index in [-0.39, 0.29) is 5.69 Å². The molecule has 0 aliphatic rings. The highest BCUT2D eigenvalue weighted by Crippen LogP contribution is 2.24. The molecular weight excluding hydrogens is 210 g/mol. The monoisotopic (exact) mass is 217 g/mol. The SMILES string of the molecule is CCSc1cc(Cl)cnc1C(=O)O. The van der Waals surface area contributed by atoms with Crippen LogP contribution in [0.4, 0.5) is 0 Å². The fourth-order valence-electron chi connectivity index (χ4n) is 0.847. The second-order valence-electron chi connectivity index (χ2n) is 2.24. The molecule has 1 N–H and O–H groups in total. The van der Waals surface area contributed by atoms with Crippen LogP contribution < -0.4 is 0 Å². The van der Waals surface area contributed by atoms with E-state index in [1.165, 1.54) is 18.0 Å². The van der Waals surface area contributed by atoms with Crippen LogP contribution in [-0.4, -0.2) is 21.8 Å². The maximum Gasteiger partial charge on any atom is 0.355 e. The van der Waals surface area contributed by atoms with E-state index in [4.69, 9.17) is 16.7 Å². The van der Waals surface area contributed by atoms with Crippen LogP contribution in [0, 0.1) is 0 Å². The van der Waals surface area contributed by atoms with Crippen molar-refractivity contribution in [2.75, 3.05) is 5.75 Å². The molecule has 3 nitrogen and oxygen atoms in total. The summed E-state index contributed by atoms with van der Waals surface area (Å²) in [7, 11) is 0. The van der Waals surface area contributed by atoms with E-state index in [0.29, 0.717) is 9.92 Å². The molecule has 1 aromatic rings. The molecule has 0 unspecified atom stereocenters. The number of carbonyl (C=O) groups is 1. The molecule has 0 fully saturated rings.